The van der Waals surface area contributed by atoms with E-state index < -0.39 is 46.8 Å². The van der Waals surface area contributed by atoms with E-state index in [-0.39, 0.29) is 12.4 Å². The average molecular weight is 508 g/mol. The number of nitrogens with one attached hydrogen (secondary N) is 1. The number of amides is 1. The highest BCUT2D eigenvalue weighted by molar-refractivity contribution is 9.09. The minimum Gasteiger partial charge on any atom is -0.463 e. The molecular formula is C21H22BrN3O7. The van der Waals surface area contributed by atoms with E-state index in [1.807, 2.05) is 0 Å². The molecule has 4 atom stereocenters. The van der Waals surface area contributed by atoms with Crippen molar-refractivity contribution >= 4 is 39.6 Å². The summed E-state index contributed by atoms with van der Waals surface area (Å²) in [7, 11) is 0. The lowest BCUT2D eigenvalue weighted by Gasteiger charge is -2.32. The lowest BCUT2D eigenvalue weighted by Crippen LogP contribution is -2.49. The number of halogens is 1. The Balaban J connectivity index is 2.09. The minimum absolute atomic E-state index is 0.126. The summed E-state index contributed by atoms with van der Waals surface area (Å²) in [5, 5.41) is 0. The molecule has 0 bridgehead atoms. The molecule has 0 spiro atoms. The highest BCUT2D eigenvalue weighted by atomic mass is 79.9. The largest absolute Gasteiger partial charge is 0.463 e. The predicted octanol–water partition coefficient (Wildman–Crippen LogP) is 1.71. The Bertz CT molecular complexity index is 1060. The first-order valence-corrected chi connectivity index (χ1v) is 10.6. The number of ether oxygens (including phenoxy) is 3. The Morgan fingerprint density at radius 2 is 1.88 bits per heavy atom. The first kappa shape index (κ1) is 23.6. The van der Waals surface area contributed by atoms with Gasteiger partial charge in [0.25, 0.3) is 5.91 Å². The molecule has 1 N–H and O–H groups in total. The molecule has 0 aliphatic carbocycles. The zero-order valence-electron chi connectivity index (χ0n) is 17.6. The molecule has 1 fully saturated rings. The van der Waals surface area contributed by atoms with Crippen LogP contribution >= 0.6 is 15.9 Å². The van der Waals surface area contributed by atoms with Gasteiger partial charge in [0.05, 0.1) is 4.83 Å². The Hall–Kier alpha value is -3.05. The lowest BCUT2D eigenvalue weighted by atomic mass is 10.1. The standard InChI is InChI=1S/C21H22BrN3O7/c1-11-9-23-21(29)24-18(11)25(19(28)14-7-5-4-6-8-14)20-17(31-13(3)27)16(22)15(32-20)10-30-12(2)26/h4-9,15-17,20H,10H2,1-3H3,(H,23,24,29)/t15-,16+,17-,20-/m1/s1. The second-order valence-electron chi connectivity index (χ2n) is 7.15. The molecule has 1 saturated heterocycles. The normalized spacial score (nSPS) is 22.2. The van der Waals surface area contributed by atoms with Gasteiger partial charge in [0, 0.05) is 31.2 Å². The summed E-state index contributed by atoms with van der Waals surface area (Å²) < 4.78 is 16.6. The predicted molar refractivity (Wildman–Crippen MR) is 116 cm³/mol. The maximum Gasteiger partial charge on any atom is 0.346 e. The van der Waals surface area contributed by atoms with Crippen LogP contribution in [0.2, 0.25) is 0 Å². The molecule has 1 aliphatic rings. The summed E-state index contributed by atoms with van der Waals surface area (Å²) in [6, 6.07) is 8.38. The SMILES string of the molecule is CC(=O)OC[C@H]1O[C@@H](N(C(=O)c2ccccc2)c2[nH]c(=O)ncc2C)[C@H](OC(C)=O)[C@H]1Br. The summed E-state index contributed by atoms with van der Waals surface area (Å²) >= 11 is 3.45. The summed E-state index contributed by atoms with van der Waals surface area (Å²) in [6.07, 6.45) is -1.49. The number of rotatable bonds is 6. The second-order valence-corrected chi connectivity index (χ2v) is 8.20. The third-order valence-electron chi connectivity index (χ3n) is 4.73. The Labute approximate surface area is 192 Å². The number of aromatic amines is 1. The number of benzene rings is 1. The molecule has 11 heteroatoms. The van der Waals surface area contributed by atoms with E-state index in [0.29, 0.717) is 11.1 Å². The molecule has 1 aromatic carbocycles. The molecule has 2 heterocycles. The van der Waals surface area contributed by atoms with Gasteiger partial charge in [0.2, 0.25) is 0 Å². The number of aryl methyl sites for hydroxylation is 1. The number of esters is 2. The van der Waals surface area contributed by atoms with Crippen LogP contribution < -0.4 is 10.6 Å². The summed E-state index contributed by atoms with van der Waals surface area (Å²) in [5.74, 6) is -1.44. The second kappa shape index (κ2) is 10.0. The number of hydrogen-bond acceptors (Lipinski definition) is 8. The fourth-order valence-electron chi connectivity index (χ4n) is 3.32. The number of carbonyl (C=O) groups is 3. The van der Waals surface area contributed by atoms with Crippen LogP contribution in [0.25, 0.3) is 0 Å². The number of nitrogens with zero attached hydrogens (tertiary/aromatic N) is 2. The zero-order valence-corrected chi connectivity index (χ0v) is 19.2. The van der Waals surface area contributed by atoms with Gasteiger partial charge in [-0.3, -0.25) is 24.3 Å². The number of carbonyl (C=O) groups excluding carboxylic acids is 3. The van der Waals surface area contributed by atoms with Gasteiger partial charge in [0.15, 0.2) is 12.3 Å². The fourth-order valence-corrected chi connectivity index (χ4v) is 3.96. The van der Waals surface area contributed by atoms with Crippen molar-refractivity contribution in [3.05, 3.63) is 58.1 Å². The molecule has 0 unspecified atom stereocenters. The molecule has 32 heavy (non-hydrogen) atoms. The number of hydrogen-bond donors (Lipinski definition) is 1. The molecule has 1 amide bonds. The van der Waals surface area contributed by atoms with Crippen molar-refractivity contribution in [2.75, 3.05) is 11.5 Å². The van der Waals surface area contributed by atoms with Gasteiger partial charge in [-0.25, -0.2) is 9.78 Å². The quantitative estimate of drug-likeness (QED) is 0.462. The Morgan fingerprint density at radius 3 is 2.50 bits per heavy atom. The van der Waals surface area contributed by atoms with Crippen LogP contribution in [0.15, 0.2) is 41.3 Å². The van der Waals surface area contributed by atoms with Gasteiger partial charge in [0.1, 0.15) is 18.5 Å². The monoisotopic (exact) mass is 507 g/mol. The highest BCUT2D eigenvalue weighted by Crippen LogP contribution is 2.35. The third-order valence-corrected chi connectivity index (χ3v) is 5.84. The lowest BCUT2D eigenvalue weighted by molar-refractivity contribution is -0.148. The van der Waals surface area contributed by atoms with Crippen LogP contribution in [0, 0.1) is 6.92 Å². The Morgan fingerprint density at radius 1 is 1.19 bits per heavy atom. The minimum atomic E-state index is -1.13. The molecule has 10 nitrogen and oxygen atoms in total. The molecule has 3 rings (SSSR count). The van der Waals surface area contributed by atoms with E-state index in [4.69, 9.17) is 14.2 Å². The van der Waals surface area contributed by atoms with Crippen LogP contribution in [0.3, 0.4) is 0 Å². The smallest absolute Gasteiger partial charge is 0.346 e. The maximum atomic E-state index is 13.6. The first-order valence-electron chi connectivity index (χ1n) is 9.73. The van der Waals surface area contributed by atoms with Gasteiger partial charge in [-0.2, -0.15) is 0 Å². The number of H-pyrrole nitrogens is 1. The van der Waals surface area contributed by atoms with Crippen LogP contribution in [0.4, 0.5) is 5.82 Å². The molecule has 1 aliphatic heterocycles. The van der Waals surface area contributed by atoms with Crippen LogP contribution in [-0.2, 0) is 23.8 Å². The number of anilines is 1. The van der Waals surface area contributed by atoms with E-state index in [1.54, 1.807) is 37.3 Å². The molecular weight excluding hydrogens is 486 g/mol. The van der Waals surface area contributed by atoms with E-state index in [9.17, 15) is 19.2 Å². The number of alkyl halides is 1. The molecule has 1 aromatic heterocycles. The summed E-state index contributed by atoms with van der Waals surface area (Å²) in [4.78, 5) is 55.6. The summed E-state index contributed by atoms with van der Waals surface area (Å²) in [5.41, 5.74) is 0.156. The molecule has 0 radical (unpaired) electrons. The highest BCUT2D eigenvalue weighted by Gasteiger charge is 2.50. The first-order chi connectivity index (χ1) is 15.2. The van der Waals surface area contributed by atoms with Crippen LogP contribution in [-0.4, -0.2) is 57.7 Å². The van der Waals surface area contributed by atoms with Crippen molar-refractivity contribution in [1.82, 2.24) is 9.97 Å². The average Bonchev–Trinajstić information content (AvgIpc) is 3.04. The van der Waals surface area contributed by atoms with E-state index in [1.165, 1.54) is 24.9 Å². The van der Waals surface area contributed by atoms with Crippen molar-refractivity contribution in [2.24, 2.45) is 0 Å². The fraction of sp³-hybridized carbons (Fsp3) is 0.381. The van der Waals surface area contributed by atoms with Gasteiger partial charge in [-0.05, 0) is 19.1 Å². The van der Waals surface area contributed by atoms with E-state index >= 15 is 0 Å². The zero-order chi connectivity index (χ0) is 23.4. The Kier molecular flexibility index (Phi) is 7.41. The third kappa shape index (κ3) is 5.22. The topological polar surface area (TPSA) is 128 Å². The van der Waals surface area contributed by atoms with Crippen molar-refractivity contribution in [3.8, 4) is 0 Å². The number of aromatic nitrogens is 2. The maximum absolute atomic E-state index is 13.6. The summed E-state index contributed by atoms with van der Waals surface area (Å²) in [6.45, 7) is 4.04. The van der Waals surface area contributed by atoms with E-state index in [2.05, 4.69) is 25.9 Å². The van der Waals surface area contributed by atoms with Crippen LogP contribution in [0.5, 0.6) is 0 Å². The molecule has 0 saturated carbocycles. The van der Waals surface area contributed by atoms with Crippen molar-refractivity contribution < 1.29 is 28.6 Å². The van der Waals surface area contributed by atoms with Gasteiger partial charge >= 0.3 is 17.6 Å². The molecule has 2 aromatic rings. The van der Waals surface area contributed by atoms with Gasteiger partial charge < -0.3 is 14.2 Å². The van der Waals surface area contributed by atoms with Crippen molar-refractivity contribution in [1.29, 1.82) is 0 Å². The van der Waals surface area contributed by atoms with Crippen molar-refractivity contribution in [3.63, 3.8) is 0 Å². The van der Waals surface area contributed by atoms with Crippen LogP contribution in [0.1, 0.15) is 29.8 Å². The van der Waals surface area contributed by atoms with Gasteiger partial charge in [-0.15, -0.1) is 0 Å². The molecule has 170 valence electrons. The van der Waals surface area contributed by atoms with Crippen molar-refractivity contribution in [2.45, 2.75) is 44.0 Å². The van der Waals surface area contributed by atoms with Gasteiger partial charge in [-0.1, -0.05) is 34.1 Å². The van der Waals surface area contributed by atoms with E-state index in [0.717, 1.165) is 0 Å².